The molecule has 1 aromatic heterocycles. The molecular weight excluding hydrogens is 464 g/mol. The molecule has 0 saturated carbocycles. The van der Waals surface area contributed by atoms with Gasteiger partial charge in [0.25, 0.3) is 0 Å². The summed E-state index contributed by atoms with van der Waals surface area (Å²) in [5.41, 5.74) is 2.99. The molecule has 0 saturated heterocycles. The molecular formula is C31H32N2O4. The van der Waals surface area contributed by atoms with Crippen molar-refractivity contribution in [2.45, 2.75) is 38.4 Å². The van der Waals surface area contributed by atoms with Crippen molar-refractivity contribution < 1.29 is 18.7 Å². The Hall–Kier alpha value is -4.32. The van der Waals surface area contributed by atoms with Crippen LogP contribution in [0.2, 0.25) is 0 Å². The zero-order valence-corrected chi connectivity index (χ0v) is 21.0. The molecule has 0 spiro atoms. The summed E-state index contributed by atoms with van der Waals surface area (Å²) in [6, 6.07) is 30.2. The predicted octanol–water partition coefficient (Wildman–Crippen LogP) is 5.18. The molecule has 0 fully saturated rings. The smallest absolute Gasteiger partial charge is 0.243 e. The van der Waals surface area contributed by atoms with Gasteiger partial charge in [-0.2, -0.15) is 0 Å². The summed E-state index contributed by atoms with van der Waals surface area (Å²) in [5, 5.41) is 2.97. The lowest BCUT2D eigenvalue weighted by Gasteiger charge is -2.31. The topological polar surface area (TPSA) is 71.8 Å². The quantitative estimate of drug-likeness (QED) is 0.294. The van der Waals surface area contributed by atoms with Crippen molar-refractivity contribution in [1.29, 1.82) is 0 Å². The molecule has 6 heteroatoms. The molecule has 3 aromatic carbocycles. The maximum Gasteiger partial charge on any atom is 0.243 e. The Morgan fingerprint density at radius 3 is 2.14 bits per heavy atom. The second kappa shape index (κ2) is 13.1. The highest BCUT2D eigenvalue weighted by Crippen LogP contribution is 2.19. The number of furan rings is 1. The van der Waals surface area contributed by atoms with Gasteiger partial charge in [0, 0.05) is 19.4 Å². The van der Waals surface area contributed by atoms with Crippen molar-refractivity contribution in [3.63, 3.8) is 0 Å². The summed E-state index contributed by atoms with van der Waals surface area (Å²) in [6.45, 7) is 0.564. The van der Waals surface area contributed by atoms with Crippen LogP contribution >= 0.6 is 0 Å². The lowest BCUT2D eigenvalue weighted by molar-refractivity contribution is -0.141. The summed E-state index contributed by atoms with van der Waals surface area (Å²) < 4.78 is 10.7. The molecule has 0 aliphatic rings. The van der Waals surface area contributed by atoms with Gasteiger partial charge < -0.3 is 19.4 Å². The average Bonchev–Trinajstić information content (AvgIpc) is 3.47. The molecule has 190 valence electrons. The van der Waals surface area contributed by atoms with Gasteiger partial charge in [0.05, 0.1) is 19.9 Å². The van der Waals surface area contributed by atoms with E-state index in [1.807, 2.05) is 91.0 Å². The third kappa shape index (κ3) is 7.58. The second-order valence-corrected chi connectivity index (χ2v) is 8.86. The summed E-state index contributed by atoms with van der Waals surface area (Å²) in [6.07, 6.45) is 2.88. The number of amides is 2. The van der Waals surface area contributed by atoms with Gasteiger partial charge in [-0.1, -0.05) is 72.8 Å². The van der Waals surface area contributed by atoms with Gasteiger partial charge in [0.1, 0.15) is 17.6 Å². The lowest BCUT2D eigenvalue weighted by Crippen LogP contribution is -2.50. The predicted molar refractivity (Wildman–Crippen MR) is 143 cm³/mol. The zero-order chi connectivity index (χ0) is 25.9. The highest BCUT2D eigenvalue weighted by molar-refractivity contribution is 5.88. The van der Waals surface area contributed by atoms with E-state index >= 15 is 0 Å². The van der Waals surface area contributed by atoms with E-state index in [9.17, 15) is 9.59 Å². The molecule has 1 heterocycles. The highest BCUT2D eigenvalue weighted by Gasteiger charge is 2.30. The van der Waals surface area contributed by atoms with E-state index in [0.29, 0.717) is 31.6 Å². The molecule has 1 unspecified atom stereocenters. The van der Waals surface area contributed by atoms with Crippen molar-refractivity contribution in [2.24, 2.45) is 0 Å². The first-order valence-corrected chi connectivity index (χ1v) is 12.4. The van der Waals surface area contributed by atoms with Crippen LogP contribution in [0.4, 0.5) is 0 Å². The normalized spacial score (nSPS) is 11.5. The van der Waals surface area contributed by atoms with Crippen LogP contribution in [-0.2, 0) is 35.5 Å². The Kier molecular flexibility index (Phi) is 9.13. The monoisotopic (exact) mass is 496 g/mol. The van der Waals surface area contributed by atoms with E-state index in [1.54, 1.807) is 24.3 Å². The first kappa shape index (κ1) is 25.8. The van der Waals surface area contributed by atoms with Gasteiger partial charge in [-0.3, -0.25) is 9.59 Å². The third-order valence-electron chi connectivity index (χ3n) is 6.27. The number of carbonyl (C=O) groups excluding carboxylic acids is 2. The number of benzene rings is 3. The molecule has 0 aliphatic heterocycles. The van der Waals surface area contributed by atoms with E-state index in [0.717, 1.165) is 22.4 Å². The Bertz CT molecular complexity index is 1240. The molecule has 0 bridgehead atoms. The van der Waals surface area contributed by atoms with E-state index in [4.69, 9.17) is 9.15 Å². The Morgan fingerprint density at radius 1 is 0.838 bits per heavy atom. The minimum atomic E-state index is -0.692. The van der Waals surface area contributed by atoms with Crippen LogP contribution in [0.1, 0.15) is 28.9 Å². The first-order valence-electron chi connectivity index (χ1n) is 12.4. The van der Waals surface area contributed by atoms with E-state index < -0.39 is 6.04 Å². The lowest BCUT2D eigenvalue weighted by atomic mass is 10.0. The van der Waals surface area contributed by atoms with Crippen molar-refractivity contribution >= 4 is 11.8 Å². The largest absolute Gasteiger partial charge is 0.497 e. The van der Waals surface area contributed by atoms with Crippen LogP contribution in [0, 0.1) is 0 Å². The van der Waals surface area contributed by atoms with E-state index in [1.165, 1.54) is 0 Å². The van der Waals surface area contributed by atoms with E-state index in [-0.39, 0.29) is 18.4 Å². The fourth-order valence-electron chi connectivity index (χ4n) is 4.23. The molecule has 1 atom stereocenters. The standard InChI is InChI=1S/C31H32N2O4/c1-36-27-17-14-26(15-18-27)23-33(30(34)19-16-24-9-4-2-5-10-24)29(21-25-11-6-3-7-12-25)31(35)32-22-28-13-8-20-37-28/h2-15,17-18,20,29H,16,19,21-23H2,1H3,(H,32,35). The number of methoxy groups -OCH3 is 1. The van der Waals surface area contributed by atoms with Crippen LogP contribution in [0.15, 0.2) is 108 Å². The molecule has 4 rings (SSSR count). The van der Waals surface area contributed by atoms with Gasteiger partial charge in [-0.05, 0) is 47.4 Å². The second-order valence-electron chi connectivity index (χ2n) is 8.86. The number of hydrogen-bond donors (Lipinski definition) is 1. The fraction of sp³-hybridized carbons (Fsp3) is 0.226. The number of carbonyl (C=O) groups is 2. The highest BCUT2D eigenvalue weighted by atomic mass is 16.5. The Labute approximate surface area is 217 Å². The van der Waals surface area contributed by atoms with Crippen LogP contribution in [0.25, 0.3) is 0 Å². The molecule has 2 amide bonds. The minimum absolute atomic E-state index is 0.0752. The SMILES string of the molecule is COc1ccc(CN(C(=O)CCc2ccccc2)C(Cc2ccccc2)C(=O)NCc2ccco2)cc1. The van der Waals surface area contributed by atoms with Crippen molar-refractivity contribution in [2.75, 3.05) is 7.11 Å². The summed E-state index contributed by atoms with van der Waals surface area (Å²) >= 11 is 0. The van der Waals surface area contributed by atoms with Crippen molar-refractivity contribution in [3.8, 4) is 5.75 Å². The average molecular weight is 497 g/mol. The van der Waals surface area contributed by atoms with Gasteiger partial charge in [-0.15, -0.1) is 0 Å². The molecule has 6 nitrogen and oxygen atoms in total. The number of rotatable bonds is 12. The van der Waals surface area contributed by atoms with Crippen LogP contribution in [-0.4, -0.2) is 29.9 Å². The molecule has 37 heavy (non-hydrogen) atoms. The molecule has 1 N–H and O–H groups in total. The van der Waals surface area contributed by atoms with Gasteiger partial charge >= 0.3 is 0 Å². The summed E-state index contributed by atoms with van der Waals surface area (Å²) in [4.78, 5) is 29.0. The third-order valence-corrected chi connectivity index (χ3v) is 6.27. The maximum absolute atomic E-state index is 13.7. The Morgan fingerprint density at radius 2 is 1.51 bits per heavy atom. The van der Waals surface area contributed by atoms with Gasteiger partial charge in [0.2, 0.25) is 11.8 Å². The number of hydrogen-bond acceptors (Lipinski definition) is 4. The maximum atomic E-state index is 13.7. The zero-order valence-electron chi connectivity index (χ0n) is 21.0. The van der Waals surface area contributed by atoms with Crippen molar-refractivity contribution in [3.05, 3.63) is 126 Å². The molecule has 0 radical (unpaired) electrons. The number of aryl methyl sites for hydroxylation is 1. The number of nitrogens with one attached hydrogen (secondary N) is 1. The fourth-order valence-corrected chi connectivity index (χ4v) is 4.23. The van der Waals surface area contributed by atoms with E-state index in [2.05, 4.69) is 5.32 Å². The van der Waals surface area contributed by atoms with Crippen LogP contribution in [0.3, 0.4) is 0 Å². The van der Waals surface area contributed by atoms with Gasteiger partial charge in [-0.25, -0.2) is 0 Å². The number of nitrogens with zero attached hydrogens (tertiary/aromatic N) is 1. The minimum Gasteiger partial charge on any atom is -0.497 e. The summed E-state index contributed by atoms with van der Waals surface area (Å²) in [7, 11) is 1.62. The Balaban J connectivity index is 1.60. The summed E-state index contributed by atoms with van der Waals surface area (Å²) in [5.74, 6) is 1.10. The number of ether oxygens (including phenoxy) is 1. The van der Waals surface area contributed by atoms with Crippen LogP contribution < -0.4 is 10.1 Å². The van der Waals surface area contributed by atoms with Gasteiger partial charge in [0.15, 0.2) is 0 Å². The van der Waals surface area contributed by atoms with Crippen molar-refractivity contribution in [1.82, 2.24) is 10.2 Å². The first-order chi connectivity index (χ1) is 18.1. The molecule has 0 aliphatic carbocycles. The molecule has 4 aromatic rings. The van der Waals surface area contributed by atoms with Crippen LogP contribution in [0.5, 0.6) is 5.75 Å².